The Hall–Kier alpha value is -2.37. The molecule has 0 spiro atoms. The first-order chi connectivity index (χ1) is 9.60. The highest BCUT2D eigenvalue weighted by Crippen LogP contribution is 2.11. The van der Waals surface area contributed by atoms with Gasteiger partial charge in [-0.25, -0.2) is 4.98 Å². The minimum atomic E-state index is -0.241. The average molecular weight is 273 g/mol. The maximum atomic E-state index is 12.1. The third-order valence-corrected chi connectivity index (χ3v) is 2.82. The lowest BCUT2D eigenvalue weighted by Gasteiger charge is -2.06. The summed E-state index contributed by atoms with van der Waals surface area (Å²) in [7, 11) is 1.79. The Balaban J connectivity index is 2.04. The maximum absolute atomic E-state index is 12.1. The van der Waals surface area contributed by atoms with Crippen LogP contribution in [0.3, 0.4) is 0 Å². The van der Waals surface area contributed by atoms with Crippen LogP contribution in [-0.2, 0) is 7.05 Å². The first-order valence-electron chi connectivity index (χ1n) is 6.62. The molecular formula is C14H19N5O. The van der Waals surface area contributed by atoms with E-state index in [1.54, 1.807) is 24.0 Å². The average Bonchev–Trinajstić information content (AvgIpc) is 2.75. The van der Waals surface area contributed by atoms with E-state index in [-0.39, 0.29) is 5.91 Å². The molecule has 0 aliphatic carbocycles. The summed E-state index contributed by atoms with van der Waals surface area (Å²) in [5.41, 5.74) is 2.15. The van der Waals surface area contributed by atoms with Crippen molar-refractivity contribution in [2.45, 2.75) is 20.3 Å². The molecule has 2 heterocycles. The number of carbonyl (C=O) groups is 1. The highest BCUT2D eigenvalue weighted by atomic mass is 16.2. The fraction of sp³-hybridized carbons (Fsp3) is 0.357. The molecule has 0 unspecified atom stereocenters. The summed E-state index contributed by atoms with van der Waals surface area (Å²) in [6.07, 6.45) is 2.71. The van der Waals surface area contributed by atoms with Crippen LogP contribution in [0.4, 0.5) is 11.5 Å². The monoisotopic (exact) mass is 273 g/mol. The predicted octanol–water partition coefficient (Wildman–Crippen LogP) is 2.20. The Labute approximate surface area is 118 Å². The number of aryl methyl sites for hydroxylation is 2. The molecule has 0 aromatic carbocycles. The van der Waals surface area contributed by atoms with E-state index in [2.05, 4.69) is 27.6 Å². The zero-order chi connectivity index (χ0) is 14.5. The summed E-state index contributed by atoms with van der Waals surface area (Å²) >= 11 is 0. The van der Waals surface area contributed by atoms with Gasteiger partial charge in [0.25, 0.3) is 5.91 Å². The zero-order valence-electron chi connectivity index (χ0n) is 12.0. The fourth-order valence-electron chi connectivity index (χ4n) is 1.81. The van der Waals surface area contributed by atoms with E-state index in [0.717, 1.165) is 24.3 Å². The molecule has 0 saturated heterocycles. The normalized spacial score (nSPS) is 10.3. The van der Waals surface area contributed by atoms with E-state index in [4.69, 9.17) is 0 Å². The number of carbonyl (C=O) groups excluding carboxylic acids is 1. The van der Waals surface area contributed by atoms with Crippen LogP contribution in [0.2, 0.25) is 0 Å². The minimum Gasteiger partial charge on any atom is -0.384 e. The lowest BCUT2D eigenvalue weighted by atomic mass is 10.3. The predicted molar refractivity (Wildman–Crippen MR) is 78.9 cm³/mol. The minimum absolute atomic E-state index is 0.241. The molecule has 2 aromatic heterocycles. The SMILES string of the molecule is CCCNc1ccc(C(=O)Nc2cc(C)nn2C)nc1. The van der Waals surface area contributed by atoms with Gasteiger partial charge in [-0.2, -0.15) is 5.10 Å². The Morgan fingerprint density at radius 1 is 1.40 bits per heavy atom. The Kier molecular flexibility index (Phi) is 4.34. The van der Waals surface area contributed by atoms with Gasteiger partial charge < -0.3 is 10.6 Å². The summed E-state index contributed by atoms with van der Waals surface area (Å²) in [4.78, 5) is 16.2. The van der Waals surface area contributed by atoms with Crippen LogP contribution < -0.4 is 10.6 Å². The van der Waals surface area contributed by atoms with E-state index in [1.165, 1.54) is 0 Å². The molecule has 0 bridgehead atoms. The lowest BCUT2D eigenvalue weighted by molar-refractivity contribution is 0.102. The standard InChI is InChI=1S/C14H19N5O/c1-4-7-15-11-5-6-12(16-9-11)14(20)17-13-8-10(2)18-19(13)3/h5-6,8-9,15H,4,7H2,1-3H3,(H,17,20). The van der Waals surface area contributed by atoms with Crippen molar-refractivity contribution in [3.8, 4) is 0 Å². The van der Waals surface area contributed by atoms with Gasteiger partial charge in [-0.15, -0.1) is 0 Å². The molecule has 2 aromatic rings. The van der Waals surface area contributed by atoms with E-state index < -0.39 is 0 Å². The number of aromatic nitrogens is 3. The van der Waals surface area contributed by atoms with Gasteiger partial charge in [0.1, 0.15) is 11.5 Å². The van der Waals surface area contributed by atoms with Crippen LogP contribution in [0, 0.1) is 6.92 Å². The van der Waals surface area contributed by atoms with Crippen LogP contribution in [0.15, 0.2) is 24.4 Å². The molecule has 2 rings (SSSR count). The number of rotatable bonds is 5. The van der Waals surface area contributed by atoms with Crippen molar-refractivity contribution in [1.29, 1.82) is 0 Å². The van der Waals surface area contributed by atoms with Crippen molar-refractivity contribution in [2.75, 3.05) is 17.2 Å². The highest BCUT2D eigenvalue weighted by molar-refractivity contribution is 6.02. The number of amides is 1. The van der Waals surface area contributed by atoms with Crippen molar-refractivity contribution in [3.63, 3.8) is 0 Å². The summed E-state index contributed by atoms with van der Waals surface area (Å²) in [5, 5.41) is 10.2. The van der Waals surface area contributed by atoms with E-state index in [9.17, 15) is 4.79 Å². The van der Waals surface area contributed by atoms with E-state index in [0.29, 0.717) is 11.5 Å². The van der Waals surface area contributed by atoms with Crippen molar-refractivity contribution in [1.82, 2.24) is 14.8 Å². The Morgan fingerprint density at radius 3 is 2.75 bits per heavy atom. The van der Waals surface area contributed by atoms with Crippen LogP contribution in [0.5, 0.6) is 0 Å². The third kappa shape index (κ3) is 3.34. The van der Waals surface area contributed by atoms with Crippen LogP contribution in [-0.4, -0.2) is 27.2 Å². The molecule has 20 heavy (non-hydrogen) atoms. The number of anilines is 2. The number of nitrogens with zero attached hydrogens (tertiary/aromatic N) is 3. The fourth-order valence-corrected chi connectivity index (χ4v) is 1.81. The Bertz CT molecular complexity index is 588. The summed E-state index contributed by atoms with van der Waals surface area (Å²) in [6, 6.07) is 5.37. The first-order valence-corrected chi connectivity index (χ1v) is 6.62. The molecule has 0 aliphatic heterocycles. The second kappa shape index (κ2) is 6.18. The molecule has 1 amide bonds. The second-order valence-corrected chi connectivity index (χ2v) is 4.61. The third-order valence-electron chi connectivity index (χ3n) is 2.82. The molecule has 0 fully saturated rings. The van der Waals surface area contributed by atoms with Crippen LogP contribution in [0.25, 0.3) is 0 Å². The topological polar surface area (TPSA) is 71.8 Å². The number of hydrogen-bond donors (Lipinski definition) is 2. The molecule has 0 saturated carbocycles. The summed E-state index contributed by atoms with van der Waals surface area (Å²) in [6.45, 7) is 4.86. The molecule has 2 N–H and O–H groups in total. The van der Waals surface area contributed by atoms with Gasteiger partial charge in [-0.05, 0) is 25.5 Å². The van der Waals surface area contributed by atoms with Gasteiger partial charge >= 0.3 is 0 Å². The van der Waals surface area contributed by atoms with Crippen molar-refractivity contribution in [2.24, 2.45) is 7.05 Å². The van der Waals surface area contributed by atoms with E-state index >= 15 is 0 Å². The molecule has 6 heteroatoms. The number of hydrogen-bond acceptors (Lipinski definition) is 4. The van der Waals surface area contributed by atoms with Gasteiger partial charge in [0.2, 0.25) is 0 Å². The molecule has 0 atom stereocenters. The molecule has 106 valence electrons. The molecule has 0 aliphatic rings. The maximum Gasteiger partial charge on any atom is 0.275 e. The lowest BCUT2D eigenvalue weighted by Crippen LogP contribution is -2.16. The van der Waals surface area contributed by atoms with Crippen LogP contribution in [0.1, 0.15) is 29.5 Å². The zero-order valence-corrected chi connectivity index (χ0v) is 12.0. The number of pyridine rings is 1. The quantitative estimate of drug-likeness (QED) is 0.876. The van der Waals surface area contributed by atoms with Crippen molar-refractivity contribution >= 4 is 17.4 Å². The van der Waals surface area contributed by atoms with Gasteiger partial charge in [-0.3, -0.25) is 9.48 Å². The Morgan fingerprint density at radius 2 is 2.20 bits per heavy atom. The second-order valence-electron chi connectivity index (χ2n) is 4.61. The van der Waals surface area contributed by atoms with Gasteiger partial charge in [0.15, 0.2) is 0 Å². The smallest absolute Gasteiger partial charge is 0.275 e. The van der Waals surface area contributed by atoms with Gasteiger partial charge in [0, 0.05) is 19.7 Å². The van der Waals surface area contributed by atoms with Crippen molar-refractivity contribution < 1.29 is 4.79 Å². The first kappa shape index (κ1) is 14.0. The van der Waals surface area contributed by atoms with Crippen LogP contribution >= 0.6 is 0 Å². The molecule has 6 nitrogen and oxygen atoms in total. The van der Waals surface area contributed by atoms with E-state index in [1.807, 2.05) is 19.1 Å². The highest BCUT2D eigenvalue weighted by Gasteiger charge is 2.10. The molecule has 0 radical (unpaired) electrons. The van der Waals surface area contributed by atoms with Crippen molar-refractivity contribution in [3.05, 3.63) is 35.8 Å². The largest absolute Gasteiger partial charge is 0.384 e. The number of nitrogens with one attached hydrogen (secondary N) is 2. The van der Waals surface area contributed by atoms with Gasteiger partial charge in [-0.1, -0.05) is 6.92 Å². The summed E-state index contributed by atoms with van der Waals surface area (Å²) in [5.74, 6) is 0.414. The summed E-state index contributed by atoms with van der Waals surface area (Å²) < 4.78 is 1.63. The van der Waals surface area contributed by atoms with Gasteiger partial charge in [0.05, 0.1) is 17.6 Å². The molecular weight excluding hydrogens is 254 g/mol.